The summed E-state index contributed by atoms with van der Waals surface area (Å²) < 4.78 is 50.9. The minimum Gasteiger partial charge on any atom is -0.235 e. The van der Waals surface area contributed by atoms with E-state index in [1.165, 1.54) is 10.5 Å². The second-order valence-electron chi connectivity index (χ2n) is 3.61. The summed E-state index contributed by atoms with van der Waals surface area (Å²) in [5, 5.41) is 3.96. The molecule has 0 aliphatic carbocycles. The van der Waals surface area contributed by atoms with E-state index in [2.05, 4.69) is 33.1 Å². The molecule has 2 nitrogen and oxygen atoms in total. The Morgan fingerprint density at radius 2 is 2.11 bits per heavy atom. The number of hydrogen-bond acceptors (Lipinski definition) is 1. The molecule has 8 heteroatoms. The normalized spacial score (nSPS) is 12.1. The van der Waals surface area contributed by atoms with E-state index in [1.54, 1.807) is 12.1 Å². The number of alkyl halides is 3. The molecule has 0 N–H and O–H groups in total. The van der Waals surface area contributed by atoms with Crippen molar-refractivity contribution in [3.8, 4) is 11.8 Å². The molecule has 1 unspecified atom stereocenters. The number of nitrogens with zero attached hydrogens (tertiary/aromatic N) is 2. The SMILES string of the molecule is Fc1nn(PI)c2ccc(C#CCC(F)(F)F)cc12. The van der Waals surface area contributed by atoms with E-state index in [-0.39, 0.29) is 11.8 Å². The van der Waals surface area contributed by atoms with Crippen molar-refractivity contribution in [2.45, 2.75) is 12.6 Å². The summed E-state index contributed by atoms with van der Waals surface area (Å²) in [6.07, 6.45) is -5.24. The molecule has 0 amide bonds. The zero-order valence-electron chi connectivity index (χ0n) is 9.22. The third-order valence-corrected chi connectivity index (χ3v) is 4.11. The van der Waals surface area contributed by atoms with Gasteiger partial charge in [-0.05, 0) is 40.2 Å². The lowest BCUT2D eigenvalue weighted by molar-refractivity contribution is -0.123. The van der Waals surface area contributed by atoms with Gasteiger partial charge in [0.15, 0.2) is 0 Å². The van der Waals surface area contributed by atoms with Crippen LogP contribution in [0.25, 0.3) is 10.9 Å². The monoisotopic (exact) mass is 400 g/mol. The summed E-state index contributed by atoms with van der Waals surface area (Å²) >= 11 is 2.06. The molecular weight excluding hydrogens is 394 g/mol. The van der Waals surface area contributed by atoms with Crippen molar-refractivity contribution in [1.82, 2.24) is 9.55 Å². The van der Waals surface area contributed by atoms with Crippen LogP contribution in [-0.4, -0.2) is 15.7 Å². The third-order valence-electron chi connectivity index (χ3n) is 2.24. The molecular formula is C11H6F4IN2P. The Bertz CT molecular complexity index is 669. The molecule has 0 bridgehead atoms. The van der Waals surface area contributed by atoms with E-state index < -0.39 is 18.5 Å². The molecule has 0 saturated carbocycles. The van der Waals surface area contributed by atoms with E-state index in [4.69, 9.17) is 0 Å². The molecule has 100 valence electrons. The number of halogens is 5. The van der Waals surface area contributed by atoms with Crippen LogP contribution in [-0.2, 0) is 0 Å². The van der Waals surface area contributed by atoms with Crippen molar-refractivity contribution in [2.24, 2.45) is 0 Å². The maximum absolute atomic E-state index is 13.5. The molecule has 19 heavy (non-hydrogen) atoms. The van der Waals surface area contributed by atoms with Crippen LogP contribution in [0.15, 0.2) is 18.2 Å². The van der Waals surface area contributed by atoms with Gasteiger partial charge in [0.2, 0.25) is 5.95 Å². The first-order valence-electron chi connectivity index (χ1n) is 5.01. The molecule has 1 heterocycles. The lowest BCUT2D eigenvalue weighted by Crippen LogP contribution is -2.04. The fourth-order valence-electron chi connectivity index (χ4n) is 1.47. The zero-order valence-corrected chi connectivity index (χ0v) is 12.4. The van der Waals surface area contributed by atoms with Gasteiger partial charge in [0, 0.05) is 5.56 Å². The smallest absolute Gasteiger partial charge is 0.235 e. The summed E-state index contributed by atoms with van der Waals surface area (Å²) in [7, 11) is 0. The number of hydrogen-bond donors (Lipinski definition) is 0. The van der Waals surface area contributed by atoms with Gasteiger partial charge in [0.25, 0.3) is 0 Å². The van der Waals surface area contributed by atoms with Crippen LogP contribution < -0.4 is 0 Å². The summed E-state index contributed by atoms with van der Waals surface area (Å²) in [5.74, 6) is 3.76. The molecule has 0 radical (unpaired) electrons. The van der Waals surface area contributed by atoms with Crippen LogP contribution in [0, 0.1) is 17.8 Å². The fraction of sp³-hybridized carbons (Fsp3) is 0.182. The van der Waals surface area contributed by atoms with Gasteiger partial charge in [0.1, 0.15) is 6.42 Å². The molecule has 1 aromatic heterocycles. The highest BCUT2D eigenvalue weighted by Crippen LogP contribution is 2.30. The summed E-state index contributed by atoms with van der Waals surface area (Å²) in [6.45, 7) is 0. The number of fused-ring (bicyclic) bond motifs is 1. The van der Waals surface area contributed by atoms with Crippen molar-refractivity contribution >= 4 is 39.3 Å². The Hall–Kier alpha value is -0.870. The molecule has 2 aromatic rings. The third kappa shape index (κ3) is 3.57. The largest absolute Gasteiger partial charge is 0.399 e. The van der Waals surface area contributed by atoms with E-state index >= 15 is 0 Å². The van der Waals surface area contributed by atoms with Crippen LogP contribution in [0.2, 0.25) is 0 Å². The van der Waals surface area contributed by atoms with E-state index in [1.807, 2.05) is 5.92 Å². The van der Waals surface area contributed by atoms with Crippen LogP contribution in [0.3, 0.4) is 0 Å². The summed E-state index contributed by atoms with van der Waals surface area (Å²) in [5.41, 5.74) is 0.943. The van der Waals surface area contributed by atoms with Gasteiger partial charge in [-0.15, -0.1) is 5.10 Å². The summed E-state index contributed by atoms with van der Waals surface area (Å²) in [6, 6.07) is 4.57. The van der Waals surface area contributed by atoms with E-state index in [0.717, 1.165) is 0 Å². The van der Waals surface area contributed by atoms with Crippen LogP contribution in [0.5, 0.6) is 0 Å². The second-order valence-corrected chi connectivity index (χ2v) is 5.65. The Balaban J connectivity index is 2.34. The van der Waals surface area contributed by atoms with Gasteiger partial charge >= 0.3 is 6.18 Å². The molecule has 1 atom stereocenters. The average Bonchev–Trinajstić information content (AvgIpc) is 2.64. The first-order valence-corrected chi connectivity index (χ1v) is 9.07. The van der Waals surface area contributed by atoms with Gasteiger partial charge in [-0.2, -0.15) is 17.6 Å². The minimum absolute atomic E-state index is 0.246. The quantitative estimate of drug-likeness (QED) is 0.303. The molecule has 0 fully saturated rings. The van der Waals surface area contributed by atoms with Crippen molar-refractivity contribution in [2.75, 3.05) is 0 Å². The summed E-state index contributed by atoms with van der Waals surface area (Å²) in [4.78, 5) is 0. The number of rotatable bonds is 1. The van der Waals surface area contributed by atoms with Crippen molar-refractivity contribution in [3.05, 3.63) is 29.7 Å². The van der Waals surface area contributed by atoms with Gasteiger partial charge in [-0.1, -0.05) is 11.8 Å². The standard InChI is InChI=1S/C11H6F4IN2P/c12-10-8-6-7(2-1-5-11(13,14)15)3-4-9(8)18(17-10)19-16/h3-4,6,19H,5H2. The number of aromatic nitrogens is 2. The van der Waals surface area contributed by atoms with Crippen molar-refractivity contribution < 1.29 is 17.6 Å². The maximum Gasteiger partial charge on any atom is 0.399 e. The molecule has 0 spiro atoms. The van der Waals surface area contributed by atoms with Gasteiger partial charge in [-0.25, -0.2) is 4.45 Å². The molecule has 2 rings (SSSR count). The molecule has 0 aliphatic heterocycles. The average molecular weight is 400 g/mol. The lowest BCUT2D eigenvalue weighted by atomic mass is 10.1. The first kappa shape index (κ1) is 14.5. The topological polar surface area (TPSA) is 17.8 Å². The zero-order chi connectivity index (χ0) is 14.0. The van der Waals surface area contributed by atoms with Gasteiger partial charge in [-0.3, -0.25) is 0 Å². The van der Waals surface area contributed by atoms with Gasteiger partial charge in [0.05, 0.1) is 17.3 Å². The molecule has 1 aromatic carbocycles. The Labute approximate surface area is 120 Å². The van der Waals surface area contributed by atoms with Crippen molar-refractivity contribution in [3.63, 3.8) is 0 Å². The van der Waals surface area contributed by atoms with E-state index in [9.17, 15) is 17.6 Å². The highest BCUT2D eigenvalue weighted by Gasteiger charge is 2.25. The predicted molar refractivity (Wildman–Crippen MR) is 75.0 cm³/mol. The highest BCUT2D eigenvalue weighted by atomic mass is 127. The lowest BCUT2D eigenvalue weighted by Gasteiger charge is -1.98. The van der Waals surface area contributed by atoms with Crippen LogP contribution in [0.1, 0.15) is 12.0 Å². The number of benzene rings is 1. The Kier molecular flexibility index (Phi) is 4.31. The Morgan fingerprint density at radius 1 is 1.37 bits per heavy atom. The maximum atomic E-state index is 13.5. The molecule has 0 aliphatic rings. The second kappa shape index (κ2) is 5.63. The Morgan fingerprint density at radius 3 is 2.74 bits per heavy atom. The highest BCUT2D eigenvalue weighted by molar-refractivity contribution is 14.2. The van der Waals surface area contributed by atoms with Gasteiger partial charge < -0.3 is 0 Å². The minimum atomic E-state index is -4.31. The fourth-order valence-corrected chi connectivity index (χ4v) is 2.99. The first-order chi connectivity index (χ1) is 8.90. The van der Waals surface area contributed by atoms with E-state index in [0.29, 0.717) is 11.1 Å². The predicted octanol–water partition coefficient (Wildman–Crippen LogP) is 4.27. The molecule has 0 saturated heterocycles. The van der Waals surface area contributed by atoms with Crippen molar-refractivity contribution in [1.29, 1.82) is 0 Å². The van der Waals surface area contributed by atoms with Crippen LogP contribution >= 0.6 is 28.4 Å². The van der Waals surface area contributed by atoms with Crippen LogP contribution in [0.4, 0.5) is 17.6 Å².